The molecular weight excluding hydrogens is 240 g/mol. The molecule has 0 saturated carbocycles. The predicted molar refractivity (Wildman–Crippen MR) is 75.8 cm³/mol. The van der Waals surface area contributed by atoms with E-state index in [9.17, 15) is 4.79 Å². The number of nitrogens with zero attached hydrogens (tertiary/aromatic N) is 2. The highest BCUT2D eigenvalue weighted by molar-refractivity contribution is 5.92. The minimum absolute atomic E-state index is 0.0820. The van der Waals surface area contributed by atoms with Gasteiger partial charge in [0, 0.05) is 30.2 Å². The maximum atomic E-state index is 12.0. The average molecular weight is 258 g/mol. The smallest absolute Gasteiger partial charge is 0.244 e. The topological polar surface area (TPSA) is 72.9 Å². The molecule has 1 aromatic carbocycles. The third kappa shape index (κ3) is 2.93. The number of carbonyl (C=O) groups excluding carboxylic acids is 1. The Bertz CT molecular complexity index is 589. The molecule has 1 heterocycles. The highest BCUT2D eigenvalue weighted by atomic mass is 16.1. The van der Waals surface area contributed by atoms with Crippen LogP contribution in [0, 0.1) is 6.92 Å². The summed E-state index contributed by atoms with van der Waals surface area (Å²) in [6.45, 7) is 4.16. The molecule has 1 amide bonds. The lowest BCUT2D eigenvalue weighted by Crippen LogP contribution is -2.20. The number of carbonyl (C=O) groups is 1. The summed E-state index contributed by atoms with van der Waals surface area (Å²) < 4.78 is 1.84. The van der Waals surface area contributed by atoms with Crippen LogP contribution in [0.15, 0.2) is 30.6 Å². The summed E-state index contributed by atoms with van der Waals surface area (Å²) >= 11 is 0. The molecule has 0 radical (unpaired) electrons. The van der Waals surface area contributed by atoms with Crippen LogP contribution < -0.4 is 11.1 Å². The quantitative estimate of drug-likeness (QED) is 0.823. The summed E-state index contributed by atoms with van der Waals surface area (Å²) in [6.07, 6.45) is 4.32. The Morgan fingerprint density at radius 1 is 1.47 bits per heavy atom. The summed E-state index contributed by atoms with van der Waals surface area (Å²) in [7, 11) is 0. The van der Waals surface area contributed by atoms with Crippen molar-refractivity contribution >= 4 is 17.3 Å². The van der Waals surface area contributed by atoms with Crippen molar-refractivity contribution in [3.05, 3.63) is 42.0 Å². The van der Waals surface area contributed by atoms with E-state index in [0.29, 0.717) is 5.69 Å². The Morgan fingerprint density at radius 2 is 2.26 bits per heavy atom. The molecule has 5 nitrogen and oxygen atoms in total. The lowest BCUT2D eigenvalue weighted by molar-refractivity contribution is -0.116. The molecule has 100 valence electrons. The minimum atomic E-state index is -0.0820. The van der Waals surface area contributed by atoms with Crippen molar-refractivity contribution < 1.29 is 4.79 Å². The van der Waals surface area contributed by atoms with Crippen LogP contribution in [0.1, 0.15) is 18.3 Å². The second kappa shape index (κ2) is 5.56. The number of hydrogen-bond donors (Lipinski definition) is 2. The van der Waals surface area contributed by atoms with Crippen LogP contribution in [0.2, 0.25) is 0 Å². The number of nitrogens with one attached hydrogen (secondary N) is 1. The van der Waals surface area contributed by atoms with E-state index in [1.54, 1.807) is 6.20 Å². The fourth-order valence-electron chi connectivity index (χ4n) is 1.93. The molecule has 3 N–H and O–H groups in total. The molecule has 0 aliphatic rings. The van der Waals surface area contributed by atoms with E-state index in [0.717, 1.165) is 23.5 Å². The van der Waals surface area contributed by atoms with E-state index in [1.807, 2.05) is 42.8 Å². The van der Waals surface area contributed by atoms with Crippen LogP contribution in [0.5, 0.6) is 0 Å². The van der Waals surface area contributed by atoms with Crippen molar-refractivity contribution in [1.29, 1.82) is 0 Å². The molecule has 0 fully saturated rings. The molecule has 0 spiro atoms. The second-order valence-electron chi connectivity index (χ2n) is 4.39. The van der Waals surface area contributed by atoms with E-state index < -0.39 is 0 Å². The monoisotopic (exact) mass is 258 g/mol. The van der Waals surface area contributed by atoms with Crippen molar-refractivity contribution in [2.24, 2.45) is 0 Å². The fourth-order valence-corrected chi connectivity index (χ4v) is 1.93. The van der Waals surface area contributed by atoms with Crippen molar-refractivity contribution in [3.63, 3.8) is 0 Å². The number of hydrogen-bond acceptors (Lipinski definition) is 3. The largest absolute Gasteiger partial charge is 0.398 e. The number of rotatable bonds is 4. The van der Waals surface area contributed by atoms with Gasteiger partial charge in [0.25, 0.3) is 0 Å². The normalized spacial score (nSPS) is 10.4. The maximum absolute atomic E-state index is 12.0. The lowest BCUT2D eigenvalue weighted by atomic mass is 10.1. The summed E-state index contributed by atoms with van der Waals surface area (Å²) in [5.74, 6) is 0.820. The molecule has 0 atom stereocenters. The molecule has 0 aliphatic heterocycles. The first-order chi connectivity index (χ1) is 9.11. The number of aromatic nitrogens is 2. The molecule has 0 aliphatic carbocycles. The Morgan fingerprint density at radius 3 is 3.00 bits per heavy atom. The van der Waals surface area contributed by atoms with Gasteiger partial charge in [-0.25, -0.2) is 4.98 Å². The van der Waals surface area contributed by atoms with Crippen LogP contribution in [0.4, 0.5) is 11.4 Å². The summed E-state index contributed by atoms with van der Waals surface area (Å²) in [6, 6.07) is 5.49. The third-order valence-electron chi connectivity index (χ3n) is 3.08. The third-order valence-corrected chi connectivity index (χ3v) is 3.08. The van der Waals surface area contributed by atoms with Crippen molar-refractivity contribution in [2.45, 2.75) is 26.8 Å². The van der Waals surface area contributed by atoms with Gasteiger partial charge in [-0.1, -0.05) is 13.0 Å². The maximum Gasteiger partial charge on any atom is 0.244 e. The first kappa shape index (κ1) is 13.1. The zero-order valence-corrected chi connectivity index (χ0v) is 11.2. The van der Waals surface area contributed by atoms with Crippen molar-refractivity contribution in [1.82, 2.24) is 9.55 Å². The van der Waals surface area contributed by atoms with Crippen molar-refractivity contribution in [3.8, 4) is 0 Å². The molecular formula is C14H18N4O. The van der Waals surface area contributed by atoms with E-state index in [-0.39, 0.29) is 12.5 Å². The van der Waals surface area contributed by atoms with Crippen LogP contribution in [0.25, 0.3) is 0 Å². The Kier molecular flexibility index (Phi) is 3.85. The van der Waals surface area contributed by atoms with Gasteiger partial charge in [-0.15, -0.1) is 0 Å². The molecule has 0 unspecified atom stereocenters. The first-order valence-electron chi connectivity index (χ1n) is 6.26. The van der Waals surface area contributed by atoms with Gasteiger partial charge in [-0.3, -0.25) is 4.79 Å². The Balaban J connectivity index is 2.08. The Hall–Kier alpha value is -2.30. The number of anilines is 2. The Labute approximate surface area is 112 Å². The van der Waals surface area contributed by atoms with Crippen LogP contribution in [-0.2, 0) is 17.8 Å². The van der Waals surface area contributed by atoms with Crippen LogP contribution >= 0.6 is 0 Å². The van der Waals surface area contributed by atoms with Crippen molar-refractivity contribution in [2.75, 3.05) is 11.1 Å². The number of benzene rings is 1. The highest BCUT2D eigenvalue weighted by Crippen LogP contribution is 2.20. The average Bonchev–Trinajstić information content (AvgIpc) is 2.82. The lowest BCUT2D eigenvalue weighted by Gasteiger charge is -2.11. The number of nitrogen functional groups attached to an aromatic ring is 1. The number of aryl methyl sites for hydroxylation is 1. The molecule has 5 heteroatoms. The van der Waals surface area contributed by atoms with Gasteiger partial charge in [0.15, 0.2) is 0 Å². The highest BCUT2D eigenvalue weighted by Gasteiger charge is 2.09. The van der Waals surface area contributed by atoms with Gasteiger partial charge in [0.2, 0.25) is 5.91 Å². The molecule has 0 bridgehead atoms. The van der Waals surface area contributed by atoms with Gasteiger partial charge in [-0.2, -0.15) is 0 Å². The zero-order chi connectivity index (χ0) is 13.8. The van der Waals surface area contributed by atoms with E-state index >= 15 is 0 Å². The molecule has 2 rings (SSSR count). The molecule has 2 aromatic rings. The first-order valence-corrected chi connectivity index (χ1v) is 6.26. The van der Waals surface area contributed by atoms with E-state index in [4.69, 9.17) is 5.73 Å². The van der Waals surface area contributed by atoms with Gasteiger partial charge >= 0.3 is 0 Å². The summed E-state index contributed by atoms with van der Waals surface area (Å²) in [5.41, 5.74) is 8.13. The standard InChI is InChI=1S/C14H18N4O/c1-3-13-16-7-8-18(13)9-14(19)17-12-6-4-5-11(15)10(12)2/h4-8H,3,9,15H2,1-2H3,(H,17,19). The minimum Gasteiger partial charge on any atom is -0.398 e. The van der Waals surface area contributed by atoms with Gasteiger partial charge in [0.1, 0.15) is 12.4 Å². The number of imidazole rings is 1. The predicted octanol–water partition coefficient (Wildman–Crippen LogP) is 1.97. The van der Waals surface area contributed by atoms with Gasteiger partial charge in [-0.05, 0) is 24.6 Å². The number of nitrogens with two attached hydrogens (primary N) is 1. The van der Waals surface area contributed by atoms with E-state index in [2.05, 4.69) is 10.3 Å². The zero-order valence-electron chi connectivity index (χ0n) is 11.2. The summed E-state index contributed by atoms with van der Waals surface area (Å²) in [5, 5.41) is 2.87. The fraction of sp³-hybridized carbons (Fsp3) is 0.286. The molecule has 19 heavy (non-hydrogen) atoms. The molecule has 1 aromatic heterocycles. The van der Waals surface area contributed by atoms with Crippen LogP contribution in [-0.4, -0.2) is 15.5 Å². The van der Waals surface area contributed by atoms with Gasteiger partial charge < -0.3 is 15.6 Å². The number of amides is 1. The van der Waals surface area contributed by atoms with Gasteiger partial charge in [0.05, 0.1) is 0 Å². The molecule has 0 saturated heterocycles. The van der Waals surface area contributed by atoms with Crippen LogP contribution in [0.3, 0.4) is 0 Å². The SMILES string of the molecule is CCc1nccn1CC(=O)Nc1cccc(N)c1C. The van der Waals surface area contributed by atoms with E-state index in [1.165, 1.54) is 0 Å². The summed E-state index contributed by atoms with van der Waals surface area (Å²) in [4.78, 5) is 16.2. The second-order valence-corrected chi connectivity index (χ2v) is 4.39.